The average molecular weight is 293 g/mol. The minimum atomic E-state index is -0.404. The normalized spacial score (nSPS) is 15.5. The van der Waals surface area contributed by atoms with E-state index in [1.807, 2.05) is 24.3 Å². The average Bonchev–Trinajstić information content (AvgIpc) is 2.62. The largest absolute Gasteiger partial charge is 0.336 e. The number of ketones is 1. The first kappa shape index (κ1) is 14.5. The highest BCUT2D eigenvalue weighted by atomic mass is 16.2. The predicted molar refractivity (Wildman–Crippen MR) is 85.8 cm³/mol. The molecule has 0 unspecified atom stereocenters. The van der Waals surface area contributed by atoms with Crippen LogP contribution in [0.1, 0.15) is 34.7 Å². The third-order valence-corrected chi connectivity index (χ3v) is 4.28. The molecule has 2 aromatic rings. The Hall–Kier alpha value is -2.42. The lowest BCUT2D eigenvalue weighted by Gasteiger charge is -2.31. The highest BCUT2D eigenvalue weighted by molar-refractivity contribution is 6.42. The number of hydrogen-bond acceptors (Lipinski definition) is 2. The fourth-order valence-electron chi connectivity index (χ4n) is 3.00. The van der Waals surface area contributed by atoms with E-state index in [9.17, 15) is 9.59 Å². The third kappa shape index (κ3) is 3.08. The zero-order chi connectivity index (χ0) is 15.4. The van der Waals surface area contributed by atoms with Gasteiger partial charge in [-0.3, -0.25) is 9.59 Å². The number of nitrogens with zero attached hydrogens (tertiary/aromatic N) is 1. The molecule has 0 atom stereocenters. The van der Waals surface area contributed by atoms with Crippen molar-refractivity contribution in [3.05, 3.63) is 71.8 Å². The molecule has 112 valence electrons. The third-order valence-electron chi connectivity index (χ3n) is 4.28. The van der Waals surface area contributed by atoms with Gasteiger partial charge in [-0.15, -0.1) is 0 Å². The molecule has 1 aliphatic heterocycles. The second-order valence-electron chi connectivity index (χ2n) is 5.67. The standard InChI is InChI=1S/C19H19NO2/c21-18(17-9-5-2-6-10-17)19(22)20-13-11-16(12-14-20)15-7-3-1-4-8-15/h1-10,16H,11-14H2. The molecule has 3 nitrogen and oxygen atoms in total. The van der Waals surface area contributed by atoms with Gasteiger partial charge in [0.15, 0.2) is 0 Å². The lowest BCUT2D eigenvalue weighted by molar-refractivity contribution is -0.127. The highest BCUT2D eigenvalue weighted by Gasteiger charge is 2.28. The molecule has 3 heteroatoms. The zero-order valence-electron chi connectivity index (χ0n) is 12.4. The maximum atomic E-state index is 12.3. The van der Waals surface area contributed by atoms with E-state index in [1.54, 1.807) is 29.2 Å². The van der Waals surface area contributed by atoms with Crippen molar-refractivity contribution in [2.75, 3.05) is 13.1 Å². The summed E-state index contributed by atoms with van der Waals surface area (Å²) in [6.45, 7) is 1.30. The molecular formula is C19H19NO2. The van der Waals surface area contributed by atoms with Gasteiger partial charge < -0.3 is 4.90 Å². The molecule has 22 heavy (non-hydrogen) atoms. The van der Waals surface area contributed by atoms with E-state index in [-0.39, 0.29) is 5.91 Å². The van der Waals surface area contributed by atoms with Gasteiger partial charge in [-0.1, -0.05) is 60.7 Å². The van der Waals surface area contributed by atoms with Crippen LogP contribution in [0.15, 0.2) is 60.7 Å². The summed E-state index contributed by atoms with van der Waals surface area (Å²) in [7, 11) is 0. The van der Waals surface area contributed by atoms with E-state index >= 15 is 0 Å². The van der Waals surface area contributed by atoms with E-state index < -0.39 is 5.78 Å². The lowest BCUT2D eigenvalue weighted by Crippen LogP contribution is -2.41. The molecule has 0 saturated carbocycles. The summed E-state index contributed by atoms with van der Waals surface area (Å²) in [5, 5.41) is 0. The Kier molecular flexibility index (Phi) is 4.33. The summed E-state index contributed by atoms with van der Waals surface area (Å²) in [6.07, 6.45) is 1.83. The topological polar surface area (TPSA) is 37.4 Å². The molecule has 1 fully saturated rings. The Morgan fingerprint density at radius 3 is 1.95 bits per heavy atom. The maximum Gasteiger partial charge on any atom is 0.294 e. The lowest BCUT2D eigenvalue weighted by atomic mass is 9.89. The van der Waals surface area contributed by atoms with Gasteiger partial charge in [0.05, 0.1) is 0 Å². The summed E-state index contributed by atoms with van der Waals surface area (Å²) in [6, 6.07) is 19.2. The van der Waals surface area contributed by atoms with E-state index in [1.165, 1.54) is 5.56 Å². The van der Waals surface area contributed by atoms with Crippen LogP contribution in [-0.2, 0) is 4.79 Å². The van der Waals surface area contributed by atoms with Crippen LogP contribution < -0.4 is 0 Å². The minimum Gasteiger partial charge on any atom is -0.336 e. The SMILES string of the molecule is O=C(C(=O)N1CCC(c2ccccc2)CC1)c1ccccc1. The van der Waals surface area contributed by atoms with Crippen LogP contribution in [0.4, 0.5) is 0 Å². The molecule has 1 saturated heterocycles. The Bertz CT molecular complexity index is 644. The van der Waals surface area contributed by atoms with Crippen LogP contribution in [0.2, 0.25) is 0 Å². The molecule has 1 amide bonds. The van der Waals surface area contributed by atoms with Crippen molar-refractivity contribution in [2.24, 2.45) is 0 Å². The number of benzene rings is 2. The smallest absolute Gasteiger partial charge is 0.294 e. The van der Waals surface area contributed by atoms with Crippen molar-refractivity contribution in [1.82, 2.24) is 4.90 Å². The van der Waals surface area contributed by atoms with Gasteiger partial charge in [0.2, 0.25) is 5.78 Å². The van der Waals surface area contributed by atoms with Crippen molar-refractivity contribution in [3.63, 3.8) is 0 Å². The Morgan fingerprint density at radius 1 is 0.818 bits per heavy atom. The van der Waals surface area contributed by atoms with E-state index in [4.69, 9.17) is 0 Å². The summed E-state index contributed by atoms with van der Waals surface area (Å²) < 4.78 is 0. The number of piperidine rings is 1. The molecule has 2 aromatic carbocycles. The van der Waals surface area contributed by atoms with Crippen LogP contribution in [0.3, 0.4) is 0 Å². The van der Waals surface area contributed by atoms with E-state index in [0.29, 0.717) is 24.6 Å². The monoisotopic (exact) mass is 293 g/mol. The number of likely N-dealkylation sites (tertiary alicyclic amines) is 1. The van der Waals surface area contributed by atoms with Gasteiger partial charge >= 0.3 is 0 Å². The first-order chi connectivity index (χ1) is 10.8. The Balaban J connectivity index is 1.62. The highest BCUT2D eigenvalue weighted by Crippen LogP contribution is 2.27. The number of rotatable bonds is 3. The molecule has 0 radical (unpaired) electrons. The van der Waals surface area contributed by atoms with Crippen molar-refractivity contribution in [3.8, 4) is 0 Å². The molecule has 1 heterocycles. The van der Waals surface area contributed by atoms with Gasteiger partial charge in [0.1, 0.15) is 0 Å². The van der Waals surface area contributed by atoms with Crippen molar-refractivity contribution < 1.29 is 9.59 Å². The second kappa shape index (κ2) is 6.56. The Morgan fingerprint density at radius 2 is 1.36 bits per heavy atom. The molecule has 0 bridgehead atoms. The summed E-state index contributed by atoms with van der Waals surface area (Å²) >= 11 is 0. The number of Topliss-reactive ketones (excluding diaryl/α,β-unsaturated/α-hetero) is 1. The number of amides is 1. The number of carbonyl (C=O) groups is 2. The molecule has 0 aliphatic carbocycles. The van der Waals surface area contributed by atoms with E-state index in [2.05, 4.69) is 12.1 Å². The summed E-state index contributed by atoms with van der Waals surface area (Å²) in [5.74, 6) is -0.298. The molecular weight excluding hydrogens is 274 g/mol. The van der Waals surface area contributed by atoms with Crippen molar-refractivity contribution in [2.45, 2.75) is 18.8 Å². The number of carbonyl (C=O) groups excluding carboxylic acids is 2. The molecule has 1 aliphatic rings. The number of hydrogen-bond donors (Lipinski definition) is 0. The van der Waals surface area contributed by atoms with Gasteiger partial charge in [-0.05, 0) is 24.3 Å². The van der Waals surface area contributed by atoms with Gasteiger partial charge in [-0.2, -0.15) is 0 Å². The summed E-state index contributed by atoms with van der Waals surface area (Å²) in [4.78, 5) is 26.2. The minimum absolute atomic E-state index is 0.377. The zero-order valence-corrected chi connectivity index (χ0v) is 12.4. The molecule has 3 rings (SSSR count). The Labute approximate surface area is 130 Å². The van der Waals surface area contributed by atoms with Crippen LogP contribution in [0.25, 0.3) is 0 Å². The van der Waals surface area contributed by atoms with Gasteiger partial charge in [0, 0.05) is 18.7 Å². The fraction of sp³-hybridized carbons (Fsp3) is 0.263. The first-order valence-electron chi connectivity index (χ1n) is 7.69. The van der Waals surface area contributed by atoms with E-state index in [0.717, 1.165) is 12.8 Å². The van der Waals surface area contributed by atoms with Crippen LogP contribution in [0, 0.1) is 0 Å². The molecule has 0 aromatic heterocycles. The second-order valence-corrected chi connectivity index (χ2v) is 5.67. The van der Waals surface area contributed by atoms with Crippen molar-refractivity contribution >= 4 is 11.7 Å². The molecule has 0 N–H and O–H groups in total. The molecule has 0 spiro atoms. The first-order valence-corrected chi connectivity index (χ1v) is 7.69. The van der Waals surface area contributed by atoms with Crippen LogP contribution in [0.5, 0.6) is 0 Å². The van der Waals surface area contributed by atoms with Gasteiger partial charge in [0.25, 0.3) is 5.91 Å². The van der Waals surface area contributed by atoms with Crippen LogP contribution >= 0.6 is 0 Å². The predicted octanol–water partition coefficient (Wildman–Crippen LogP) is 3.28. The van der Waals surface area contributed by atoms with Crippen molar-refractivity contribution in [1.29, 1.82) is 0 Å². The maximum absolute atomic E-state index is 12.3. The van der Waals surface area contributed by atoms with Crippen LogP contribution in [-0.4, -0.2) is 29.7 Å². The fourth-order valence-corrected chi connectivity index (χ4v) is 3.00. The van der Waals surface area contributed by atoms with Gasteiger partial charge in [-0.25, -0.2) is 0 Å². The summed E-state index contributed by atoms with van der Waals surface area (Å²) in [5.41, 5.74) is 1.79. The quantitative estimate of drug-likeness (QED) is 0.643.